The number of halogens is 2. The van der Waals surface area contributed by atoms with Crippen LogP contribution in [0.5, 0.6) is 0 Å². The summed E-state index contributed by atoms with van der Waals surface area (Å²) in [5, 5.41) is 4.12. The molecule has 0 amide bonds. The summed E-state index contributed by atoms with van der Waals surface area (Å²) in [6.45, 7) is 1.86. The Morgan fingerprint density at radius 1 is 1.04 bits per heavy atom. The van der Waals surface area contributed by atoms with Crippen LogP contribution in [0.2, 0.25) is 0 Å². The molecule has 1 aliphatic rings. The number of pyridine rings is 1. The highest BCUT2D eigenvalue weighted by Crippen LogP contribution is 2.24. The van der Waals surface area contributed by atoms with E-state index in [1.165, 1.54) is 24.3 Å². The second kappa shape index (κ2) is 7.56. The van der Waals surface area contributed by atoms with Crippen LogP contribution in [0.15, 0.2) is 53.3 Å². The first-order valence-electron chi connectivity index (χ1n) is 8.86. The Balaban J connectivity index is 1.42. The normalized spacial score (nSPS) is 19.6. The zero-order valence-corrected chi connectivity index (χ0v) is 14.6. The molecule has 2 aromatic carbocycles. The van der Waals surface area contributed by atoms with Gasteiger partial charge in [0.25, 0.3) is 5.56 Å². The molecule has 1 aliphatic heterocycles. The van der Waals surface area contributed by atoms with Crippen LogP contribution in [0.4, 0.5) is 8.78 Å². The van der Waals surface area contributed by atoms with E-state index in [2.05, 4.69) is 21.2 Å². The minimum atomic E-state index is -0.378. The largest absolute Gasteiger partial charge is 0.322 e. The second-order valence-electron chi connectivity index (χ2n) is 6.80. The number of aromatic amines is 1. The molecule has 0 saturated carbocycles. The third-order valence-electron chi connectivity index (χ3n) is 4.93. The standard InChI is InChI=1S/C20H20F2N4O/c21-16-4-1-12(2-5-16)19-15(11-24-26-19)10-23-9-14-7-13-3-6-17(22)8-18(13)25-20(14)27/h1-8,15,19,23-24,26H,9-11H2,(H,25,27). The van der Waals surface area contributed by atoms with Gasteiger partial charge in [0.15, 0.2) is 0 Å². The summed E-state index contributed by atoms with van der Waals surface area (Å²) < 4.78 is 26.4. The molecule has 0 radical (unpaired) electrons. The molecule has 4 N–H and O–H groups in total. The predicted octanol–water partition coefficient (Wildman–Crippen LogP) is 2.36. The van der Waals surface area contributed by atoms with E-state index in [0.29, 0.717) is 24.2 Å². The van der Waals surface area contributed by atoms with Crippen molar-refractivity contribution in [2.24, 2.45) is 5.92 Å². The Kier molecular flexibility index (Phi) is 4.98. The van der Waals surface area contributed by atoms with Gasteiger partial charge in [0.1, 0.15) is 11.6 Å². The number of nitrogens with one attached hydrogen (secondary N) is 4. The maximum Gasteiger partial charge on any atom is 0.252 e. The molecule has 1 saturated heterocycles. The topological polar surface area (TPSA) is 69.0 Å². The van der Waals surface area contributed by atoms with Crippen molar-refractivity contribution < 1.29 is 8.78 Å². The molecular weight excluding hydrogens is 350 g/mol. The molecule has 5 nitrogen and oxygen atoms in total. The SMILES string of the molecule is O=c1[nH]c2cc(F)ccc2cc1CNCC1CNNC1c1ccc(F)cc1. The average molecular weight is 370 g/mol. The van der Waals surface area contributed by atoms with E-state index in [4.69, 9.17) is 0 Å². The number of hydrogen-bond acceptors (Lipinski definition) is 4. The van der Waals surface area contributed by atoms with Gasteiger partial charge in [-0.1, -0.05) is 12.1 Å². The lowest BCUT2D eigenvalue weighted by molar-refractivity contribution is 0.441. The lowest BCUT2D eigenvalue weighted by Gasteiger charge is -2.19. The Hall–Kier alpha value is -2.61. The first kappa shape index (κ1) is 17.8. The van der Waals surface area contributed by atoms with E-state index in [9.17, 15) is 13.6 Å². The molecule has 0 aliphatic carbocycles. The Morgan fingerprint density at radius 3 is 2.63 bits per heavy atom. The van der Waals surface area contributed by atoms with Crippen LogP contribution in [0.1, 0.15) is 17.2 Å². The van der Waals surface area contributed by atoms with Crippen molar-refractivity contribution in [1.82, 2.24) is 21.2 Å². The molecule has 1 aromatic heterocycles. The number of aromatic nitrogens is 1. The molecule has 27 heavy (non-hydrogen) atoms. The third kappa shape index (κ3) is 3.90. The van der Waals surface area contributed by atoms with E-state index >= 15 is 0 Å². The van der Waals surface area contributed by atoms with Gasteiger partial charge in [-0.2, -0.15) is 0 Å². The summed E-state index contributed by atoms with van der Waals surface area (Å²) in [5.41, 5.74) is 8.24. The van der Waals surface area contributed by atoms with Crippen molar-refractivity contribution in [2.45, 2.75) is 12.6 Å². The number of hydrazine groups is 1. The molecule has 0 spiro atoms. The first-order valence-corrected chi connectivity index (χ1v) is 8.86. The maximum absolute atomic E-state index is 13.3. The van der Waals surface area contributed by atoms with Crippen LogP contribution in [0.25, 0.3) is 10.9 Å². The Bertz CT molecular complexity index is 1000. The number of benzene rings is 2. The monoisotopic (exact) mass is 370 g/mol. The summed E-state index contributed by atoms with van der Waals surface area (Å²) in [6, 6.07) is 12.7. The number of H-pyrrole nitrogens is 1. The van der Waals surface area contributed by atoms with Gasteiger partial charge in [0, 0.05) is 31.1 Å². The van der Waals surface area contributed by atoms with Crippen molar-refractivity contribution in [3.05, 3.63) is 81.6 Å². The molecule has 1 fully saturated rings. The van der Waals surface area contributed by atoms with E-state index in [1.807, 2.05) is 0 Å². The van der Waals surface area contributed by atoms with E-state index < -0.39 is 0 Å². The second-order valence-corrected chi connectivity index (χ2v) is 6.80. The summed E-state index contributed by atoms with van der Waals surface area (Å²) >= 11 is 0. The molecule has 140 valence electrons. The summed E-state index contributed by atoms with van der Waals surface area (Å²) in [5.74, 6) is -0.379. The average Bonchev–Trinajstić information content (AvgIpc) is 3.11. The van der Waals surface area contributed by atoms with Crippen molar-refractivity contribution in [3.63, 3.8) is 0 Å². The predicted molar refractivity (Wildman–Crippen MR) is 100 cm³/mol. The number of rotatable bonds is 5. The Morgan fingerprint density at radius 2 is 1.81 bits per heavy atom. The molecule has 3 aromatic rings. The van der Waals surface area contributed by atoms with Crippen molar-refractivity contribution in [3.8, 4) is 0 Å². The van der Waals surface area contributed by atoms with Gasteiger partial charge >= 0.3 is 0 Å². The molecule has 4 rings (SSSR count). The molecule has 0 bridgehead atoms. The van der Waals surface area contributed by atoms with Gasteiger partial charge in [-0.15, -0.1) is 0 Å². The lowest BCUT2D eigenvalue weighted by Crippen LogP contribution is -2.30. The van der Waals surface area contributed by atoms with Gasteiger partial charge in [-0.25, -0.2) is 14.2 Å². The van der Waals surface area contributed by atoms with Crippen molar-refractivity contribution in [2.75, 3.05) is 13.1 Å². The quantitative estimate of drug-likeness (QED) is 0.557. The highest BCUT2D eigenvalue weighted by Gasteiger charge is 2.27. The third-order valence-corrected chi connectivity index (χ3v) is 4.93. The van der Waals surface area contributed by atoms with Crippen LogP contribution in [0, 0.1) is 17.6 Å². The maximum atomic E-state index is 13.3. The lowest BCUT2D eigenvalue weighted by atomic mass is 9.95. The molecule has 2 unspecified atom stereocenters. The fraction of sp³-hybridized carbons (Fsp3) is 0.250. The summed E-state index contributed by atoms with van der Waals surface area (Å²) in [4.78, 5) is 14.9. The zero-order valence-electron chi connectivity index (χ0n) is 14.6. The summed E-state index contributed by atoms with van der Waals surface area (Å²) in [7, 11) is 0. The van der Waals surface area contributed by atoms with Gasteiger partial charge in [-0.3, -0.25) is 10.2 Å². The highest BCUT2D eigenvalue weighted by molar-refractivity contribution is 5.78. The zero-order chi connectivity index (χ0) is 18.8. The fourth-order valence-electron chi connectivity index (χ4n) is 3.49. The van der Waals surface area contributed by atoms with E-state index in [-0.39, 0.29) is 29.2 Å². The first-order chi connectivity index (χ1) is 13.1. The minimum absolute atomic E-state index is 0.0657. The fourth-order valence-corrected chi connectivity index (χ4v) is 3.49. The van der Waals surface area contributed by atoms with E-state index in [0.717, 1.165) is 17.5 Å². The van der Waals surface area contributed by atoms with Crippen LogP contribution in [0.3, 0.4) is 0 Å². The molecule has 2 atom stereocenters. The van der Waals surface area contributed by atoms with Crippen LogP contribution < -0.4 is 21.7 Å². The van der Waals surface area contributed by atoms with Crippen LogP contribution >= 0.6 is 0 Å². The summed E-state index contributed by atoms with van der Waals surface area (Å²) in [6.07, 6.45) is 0. The molecule has 7 heteroatoms. The number of hydrogen-bond donors (Lipinski definition) is 4. The van der Waals surface area contributed by atoms with Crippen LogP contribution in [-0.2, 0) is 6.54 Å². The molecular formula is C20H20F2N4O. The smallest absolute Gasteiger partial charge is 0.252 e. The number of fused-ring (bicyclic) bond motifs is 1. The van der Waals surface area contributed by atoms with E-state index in [1.54, 1.807) is 24.3 Å². The van der Waals surface area contributed by atoms with Crippen molar-refractivity contribution >= 4 is 10.9 Å². The molecule has 2 heterocycles. The van der Waals surface area contributed by atoms with Gasteiger partial charge in [0.2, 0.25) is 0 Å². The van der Waals surface area contributed by atoms with Gasteiger partial charge in [-0.05, 0) is 47.3 Å². The highest BCUT2D eigenvalue weighted by atomic mass is 19.1. The van der Waals surface area contributed by atoms with Gasteiger partial charge < -0.3 is 10.3 Å². The van der Waals surface area contributed by atoms with Crippen molar-refractivity contribution in [1.29, 1.82) is 0 Å². The van der Waals surface area contributed by atoms with Gasteiger partial charge in [0.05, 0.1) is 11.6 Å². The minimum Gasteiger partial charge on any atom is -0.322 e. The Labute approximate surface area is 154 Å². The van der Waals surface area contributed by atoms with Crippen LogP contribution in [-0.4, -0.2) is 18.1 Å².